The lowest BCUT2D eigenvalue weighted by Gasteiger charge is -2.06. The predicted octanol–water partition coefficient (Wildman–Crippen LogP) is 2.79. The number of nitrogens with two attached hydrogens (primary N) is 1. The summed E-state index contributed by atoms with van der Waals surface area (Å²) >= 11 is 4.75. The van der Waals surface area contributed by atoms with Crippen molar-refractivity contribution in [1.29, 1.82) is 0 Å². The summed E-state index contributed by atoms with van der Waals surface area (Å²) < 4.78 is 31.0. The van der Waals surface area contributed by atoms with Gasteiger partial charge in [0.2, 0.25) is 0 Å². The van der Waals surface area contributed by atoms with Gasteiger partial charge in [0.05, 0.1) is 11.9 Å². The maximum absolute atomic E-state index is 12.9. The Bertz CT molecular complexity index is 587. The highest BCUT2D eigenvalue weighted by Gasteiger charge is 2.05. The van der Waals surface area contributed by atoms with Crippen molar-refractivity contribution in [3.05, 3.63) is 53.9 Å². The number of rotatable bonds is 3. The van der Waals surface area contributed by atoms with Crippen LogP contribution in [0, 0.1) is 11.6 Å². The van der Waals surface area contributed by atoms with E-state index in [0.717, 1.165) is 12.1 Å². The second-order valence-corrected chi connectivity index (χ2v) is 3.86. The molecule has 0 radical (unpaired) electrons. The van der Waals surface area contributed by atoms with E-state index >= 15 is 0 Å². The highest BCUT2D eigenvalue weighted by atomic mass is 32.1. The van der Waals surface area contributed by atoms with Gasteiger partial charge in [-0.05, 0) is 24.3 Å². The highest BCUT2D eigenvalue weighted by Crippen LogP contribution is 2.22. The van der Waals surface area contributed by atoms with Crippen LogP contribution in [0.25, 0.3) is 0 Å². The van der Waals surface area contributed by atoms with Crippen LogP contribution in [0.3, 0.4) is 0 Å². The van der Waals surface area contributed by atoms with E-state index in [2.05, 4.69) is 4.98 Å². The van der Waals surface area contributed by atoms with Crippen molar-refractivity contribution >= 4 is 17.2 Å². The molecule has 1 aromatic carbocycles. The highest BCUT2D eigenvalue weighted by molar-refractivity contribution is 7.80. The Labute approximate surface area is 107 Å². The topological polar surface area (TPSA) is 48.1 Å². The van der Waals surface area contributed by atoms with E-state index in [9.17, 15) is 8.78 Å². The third-order valence-corrected chi connectivity index (χ3v) is 2.32. The number of ether oxygens (including phenoxy) is 1. The molecule has 2 N–H and O–H groups in total. The van der Waals surface area contributed by atoms with E-state index in [1.165, 1.54) is 12.3 Å². The average molecular weight is 266 g/mol. The summed E-state index contributed by atoms with van der Waals surface area (Å²) in [7, 11) is 0. The van der Waals surface area contributed by atoms with E-state index in [4.69, 9.17) is 22.7 Å². The van der Waals surface area contributed by atoms with Crippen molar-refractivity contribution in [1.82, 2.24) is 4.98 Å². The molecule has 0 atom stereocenters. The van der Waals surface area contributed by atoms with E-state index in [1.807, 2.05) is 0 Å². The molecule has 0 fully saturated rings. The number of thiocarbonyl (C=S) groups is 1. The van der Waals surface area contributed by atoms with Gasteiger partial charge in [-0.15, -0.1) is 0 Å². The van der Waals surface area contributed by atoms with E-state index in [1.54, 1.807) is 12.1 Å². The minimum atomic E-state index is -0.972. The van der Waals surface area contributed by atoms with Gasteiger partial charge < -0.3 is 10.5 Å². The lowest BCUT2D eigenvalue weighted by molar-refractivity contribution is 0.460. The fourth-order valence-electron chi connectivity index (χ4n) is 1.26. The van der Waals surface area contributed by atoms with Gasteiger partial charge in [-0.2, -0.15) is 0 Å². The molecule has 18 heavy (non-hydrogen) atoms. The minimum Gasteiger partial charge on any atom is -0.456 e. The van der Waals surface area contributed by atoms with Crippen molar-refractivity contribution in [3.8, 4) is 11.5 Å². The Kier molecular flexibility index (Phi) is 3.47. The number of benzene rings is 1. The maximum Gasteiger partial charge on any atom is 0.162 e. The summed E-state index contributed by atoms with van der Waals surface area (Å²) in [5.41, 5.74) is 5.85. The first-order valence-corrected chi connectivity index (χ1v) is 5.36. The molecule has 92 valence electrons. The molecule has 0 aliphatic rings. The molecule has 0 amide bonds. The molecule has 0 aliphatic carbocycles. The summed E-state index contributed by atoms with van der Waals surface area (Å²) in [4.78, 5) is 4.13. The minimum absolute atomic E-state index is 0.175. The van der Waals surface area contributed by atoms with Crippen molar-refractivity contribution < 1.29 is 13.5 Å². The zero-order valence-corrected chi connectivity index (χ0v) is 9.88. The molecule has 0 bridgehead atoms. The van der Waals surface area contributed by atoms with Gasteiger partial charge in [-0.1, -0.05) is 12.2 Å². The quantitative estimate of drug-likeness (QED) is 0.868. The molecular weight excluding hydrogens is 258 g/mol. The number of halogens is 2. The van der Waals surface area contributed by atoms with Crippen molar-refractivity contribution in [2.24, 2.45) is 5.73 Å². The van der Waals surface area contributed by atoms with Crippen LogP contribution in [0.5, 0.6) is 11.5 Å². The van der Waals surface area contributed by atoms with Crippen LogP contribution >= 0.6 is 12.2 Å². The van der Waals surface area contributed by atoms with Crippen molar-refractivity contribution in [2.45, 2.75) is 0 Å². The first-order chi connectivity index (χ1) is 8.56. The Hall–Kier alpha value is -2.08. The Balaban J connectivity index is 2.18. The zero-order valence-electron chi connectivity index (χ0n) is 9.06. The lowest BCUT2D eigenvalue weighted by Crippen LogP contribution is -2.10. The van der Waals surface area contributed by atoms with Gasteiger partial charge in [0.15, 0.2) is 11.6 Å². The standard InChI is InChI=1S/C12H8F2N2OS/c13-9-3-1-7(5-10(9)14)17-8-2-4-11(12(15)18)16-6-8/h1-6H,(H2,15,18). The van der Waals surface area contributed by atoms with Gasteiger partial charge in [-0.25, -0.2) is 13.8 Å². The summed E-state index contributed by atoms with van der Waals surface area (Å²) in [6.45, 7) is 0. The van der Waals surface area contributed by atoms with Gasteiger partial charge >= 0.3 is 0 Å². The maximum atomic E-state index is 12.9. The molecule has 2 rings (SSSR count). The lowest BCUT2D eigenvalue weighted by atomic mass is 10.3. The van der Waals surface area contributed by atoms with Crippen LogP contribution in [0.4, 0.5) is 8.78 Å². The summed E-state index contributed by atoms with van der Waals surface area (Å²) in [6.07, 6.45) is 1.40. The van der Waals surface area contributed by atoms with Crippen LogP contribution in [-0.2, 0) is 0 Å². The van der Waals surface area contributed by atoms with Gasteiger partial charge in [0.25, 0.3) is 0 Å². The van der Waals surface area contributed by atoms with Crippen molar-refractivity contribution in [3.63, 3.8) is 0 Å². The first-order valence-electron chi connectivity index (χ1n) is 4.95. The molecule has 6 heteroatoms. The molecule has 2 aromatic rings. The zero-order chi connectivity index (χ0) is 13.1. The number of nitrogens with zero attached hydrogens (tertiary/aromatic N) is 1. The van der Waals surface area contributed by atoms with E-state index < -0.39 is 11.6 Å². The largest absolute Gasteiger partial charge is 0.456 e. The van der Waals surface area contributed by atoms with Crippen LogP contribution in [0.1, 0.15) is 5.69 Å². The third kappa shape index (κ3) is 2.78. The molecule has 0 saturated heterocycles. The Morgan fingerprint density at radius 2 is 1.83 bits per heavy atom. The fraction of sp³-hybridized carbons (Fsp3) is 0. The number of hydrogen-bond acceptors (Lipinski definition) is 3. The molecular formula is C12H8F2N2OS. The Morgan fingerprint density at radius 3 is 2.39 bits per heavy atom. The van der Waals surface area contributed by atoms with Crippen LogP contribution in [0.2, 0.25) is 0 Å². The fourth-order valence-corrected chi connectivity index (χ4v) is 1.38. The predicted molar refractivity (Wildman–Crippen MR) is 66.6 cm³/mol. The molecule has 0 spiro atoms. The SMILES string of the molecule is NC(=S)c1ccc(Oc2ccc(F)c(F)c2)cn1. The second-order valence-electron chi connectivity index (χ2n) is 3.42. The van der Waals surface area contributed by atoms with Gasteiger partial charge in [-0.3, -0.25) is 0 Å². The van der Waals surface area contributed by atoms with Crippen molar-refractivity contribution in [2.75, 3.05) is 0 Å². The molecule has 0 unspecified atom stereocenters. The van der Waals surface area contributed by atoms with E-state index in [-0.39, 0.29) is 10.7 Å². The van der Waals surface area contributed by atoms with Crippen LogP contribution in [-0.4, -0.2) is 9.97 Å². The molecule has 0 aliphatic heterocycles. The smallest absolute Gasteiger partial charge is 0.162 e. The molecule has 3 nitrogen and oxygen atoms in total. The number of hydrogen-bond donors (Lipinski definition) is 1. The number of pyridine rings is 1. The van der Waals surface area contributed by atoms with Crippen LogP contribution < -0.4 is 10.5 Å². The Morgan fingerprint density at radius 1 is 1.11 bits per heavy atom. The van der Waals surface area contributed by atoms with Gasteiger partial charge in [0.1, 0.15) is 16.5 Å². The summed E-state index contributed by atoms with van der Waals surface area (Å²) in [6, 6.07) is 6.43. The third-order valence-electron chi connectivity index (χ3n) is 2.12. The average Bonchev–Trinajstić information content (AvgIpc) is 2.34. The summed E-state index contributed by atoms with van der Waals surface area (Å²) in [5, 5.41) is 0. The van der Waals surface area contributed by atoms with E-state index in [0.29, 0.717) is 11.4 Å². The van der Waals surface area contributed by atoms with Gasteiger partial charge in [0, 0.05) is 6.07 Å². The molecule has 0 saturated carbocycles. The molecule has 1 aromatic heterocycles. The first kappa shape index (κ1) is 12.4. The normalized spacial score (nSPS) is 10.1. The summed E-state index contributed by atoms with van der Waals surface area (Å²) in [5.74, 6) is -1.34. The second kappa shape index (κ2) is 5.05. The number of aromatic nitrogens is 1. The monoisotopic (exact) mass is 266 g/mol. The molecule has 1 heterocycles. The van der Waals surface area contributed by atoms with Crippen LogP contribution in [0.15, 0.2) is 36.5 Å².